The number of halogens is 2. The molecule has 0 amide bonds. The van der Waals surface area contributed by atoms with E-state index < -0.39 is 12.0 Å². The van der Waals surface area contributed by atoms with Crippen LogP contribution in [-0.2, 0) is 5.54 Å². The van der Waals surface area contributed by atoms with Gasteiger partial charge in [0.1, 0.15) is 0 Å². The molecule has 0 heterocycles. The fraction of sp³-hybridized carbons (Fsp3) is 0.500. The Morgan fingerprint density at radius 1 is 1.31 bits per heavy atom. The van der Waals surface area contributed by atoms with Crippen LogP contribution in [0.5, 0.6) is 0 Å². The van der Waals surface area contributed by atoms with Gasteiger partial charge in [-0.2, -0.15) is 0 Å². The summed E-state index contributed by atoms with van der Waals surface area (Å²) < 4.78 is 24.4. The third-order valence-corrected chi connectivity index (χ3v) is 2.48. The van der Waals surface area contributed by atoms with Crippen molar-refractivity contribution >= 4 is 0 Å². The number of nitrogens with two attached hydrogens (primary N) is 1. The summed E-state index contributed by atoms with van der Waals surface area (Å²) in [5.74, 6) is 0. The molecule has 0 aliphatic rings. The van der Waals surface area contributed by atoms with Gasteiger partial charge in [-0.05, 0) is 19.5 Å². The van der Waals surface area contributed by atoms with Gasteiger partial charge in [0.2, 0.25) is 0 Å². The number of alkyl halides is 2. The first kappa shape index (κ1) is 13.1. The zero-order chi connectivity index (χ0) is 12.2. The van der Waals surface area contributed by atoms with E-state index in [2.05, 4.69) is 0 Å². The molecule has 0 saturated heterocycles. The summed E-state index contributed by atoms with van der Waals surface area (Å²) in [5, 5.41) is 0. The average Bonchev–Trinajstić information content (AvgIpc) is 2.16. The lowest BCUT2D eigenvalue weighted by molar-refractivity contribution is 0.0909. The van der Waals surface area contributed by atoms with Gasteiger partial charge in [0.15, 0.2) is 0 Å². The summed E-state index contributed by atoms with van der Waals surface area (Å²) in [6.07, 6.45) is -2.32. The van der Waals surface area contributed by atoms with Crippen LogP contribution in [0.4, 0.5) is 8.78 Å². The fourth-order valence-electron chi connectivity index (χ4n) is 1.77. The van der Waals surface area contributed by atoms with Crippen molar-refractivity contribution in [3.05, 3.63) is 35.9 Å². The SMILES string of the molecule is CN(CC(F)F)CC(C)(N)c1ccccc1. The minimum absolute atomic E-state index is 0.250. The fourth-order valence-corrected chi connectivity index (χ4v) is 1.77. The summed E-state index contributed by atoms with van der Waals surface area (Å²) in [7, 11) is 1.65. The van der Waals surface area contributed by atoms with Crippen molar-refractivity contribution in [3.63, 3.8) is 0 Å². The first-order chi connectivity index (χ1) is 7.42. The predicted molar refractivity (Wildman–Crippen MR) is 61.5 cm³/mol. The van der Waals surface area contributed by atoms with Crippen LogP contribution in [0, 0.1) is 0 Å². The first-order valence-corrected chi connectivity index (χ1v) is 5.23. The standard InChI is InChI=1S/C12H18F2N2/c1-12(15,9-16(2)8-11(13)14)10-6-4-3-5-7-10/h3-7,11H,8-9,15H2,1-2H3. The molecule has 1 aromatic rings. The number of likely N-dealkylation sites (N-methyl/N-ethyl adjacent to an activating group) is 1. The van der Waals surface area contributed by atoms with Gasteiger partial charge in [-0.1, -0.05) is 30.3 Å². The highest BCUT2D eigenvalue weighted by Gasteiger charge is 2.23. The van der Waals surface area contributed by atoms with Crippen LogP contribution in [0.1, 0.15) is 12.5 Å². The van der Waals surface area contributed by atoms with Crippen LogP contribution in [-0.4, -0.2) is 31.5 Å². The molecular weight excluding hydrogens is 210 g/mol. The molecule has 1 unspecified atom stereocenters. The Bertz CT molecular complexity index is 312. The normalized spacial score (nSPS) is 15.4. The maximum absolute atomic E-state index is 12.2. The smallest absolute Gasteiger partial charge is 0.251 e. The highest BCUT2D eigenvalue weighted by atomic mass is 19.3. The summed E-state index contributed by atoms with van der Waals surface area (Å²) in [6, 6.07) is 9.52. The second-order valence-electron chi connectivity index (χ2n) is 4.37. The Morgan fingerprint density at radius 2 is 1.88 bits per heavy atom. The van der Waals surface area contributed by atoms with E-state index in [4.69, 9.17) is 5.73 Å². The van der Waals surface area contributed by atoms with Crippen molar-refractivity contribution in [2.45, 2.75) is 18.9 Å². The van der Waals surface area contributed by atoms with Gasteiger partial charge >= 0.3 is 0 Å². The number of nitrogens with zero attached hydrogens (tertiary/aromatic N) is 1. The van der Waals surface area contributed by atoms with Crippen molar-refractivity contribution in [1.29, 1.82) is 0 Å². The average molecular weight is 228 g/mol. The molecule has 0 aliphatic heterocycles. The zero-order valence-corrected chi connectivity index (χ0v) is 9.66. The van der Waals surface area contributed by atoms with E-state index in [1.807, 2.05) is 37.3 Å². The number of hydrogen-bond donors (Lipinski definition) is 1. The monoisotopic (exact) mass is 228 g/mol. The molecule has 90 valence electrons. The number of benzene rings is 1. The summed E-state index contributed by atoms with van der Waals surface area (Å²) in [6.45, 7) is 2.01. The predicted octanol–water partition coefficient (Wildman–Crippen LogP) is 2.06. The lowest BCUT2D eigenvalue weighted by atomic mass is 9.93. The minimum Gasteiger partial charge on any atom is -0.321 e. The van der Waals surface area contributed by atoms with Crippen LogP contribution in [0.3, 0.4) is 0 Å². The van der Waals surface area contributed by atoms with E-state index in [-0.39, 0.29) is 6.54 Å². The van der Waals surface area contributed by atoms with Crippen LogP contribution < -0.4 is 5.73 Å². The highest BCUT2D eigenvalue weighted by Crippen LogP contribution is 2.18. The van der Waals surface area contributed by atoms with Crippen molar-refractivity contribution in [3.8, 4) is 0 Å². The largest absolute Gasteiger partial charge is 0.321 e. The van der Waals surface area contributed by atoms with E-state index in [1.54, 1.807) is 11.9 Å². The molecule has 1 rings (SSSR count). The van der Waals surface area contributed by atoms with Crippen LogP contribution >= 0.6 is 0 Å². The Morgan fingerprint density at radius 3 is 2.38 bits per heavy atom. The van der Waals surface area contributed by atoms with Crippen molar-refractivity contribution in [2.24, 2.45) is 5.73 Å². The number of rotatable bonds is 5. The Labute approximate surface area is 95.1 Å². The van der Waals surface area contributed by atoms with Gasteiger partial charge in [0.05, 0.1) is 12.1 Å². The van der Waals surface area contributed by atoms with E-state index in [1.165, 1.54) is 0 Å². The molecule has 0 aromatic heterocycles. The lowest BCUT2D eigenvalue weighted by Gasteiger charge is -2.30. The third kappa shape index (κ3) is 3.87. The van der Waals surface area contributed by atoms with Gasteiger partial charge in [-0.15, -0.1) is 0 Å². The third-order valence-electron chi connectivity index (χ3n) is 2.48. The number of hydrogen-bond acceptors (Lipinski definition) is 2. The van der Waals surface area contributed by atoms with Crippen LogP contribution in [0.2, 0.25) is 0 Å². The van der Waals surface area contributed by atoms with Crippen LogP contribution in [0.25, 0.3) is 0 Å². The van der Waals surface area contributed by atoms with E-state index in [9.17, 15) is 8.78 Å². The maximum Gasteiger partial charge on any atom is 0.251 e. The highest BCUT2D eigenvalue weighted by molar-refractivity contribution is 5.23. The molecule has 16 heavy (non-hydrogen) atoms. The Hall–Kier alpha value is -1.00. The zero-order valence-electron chi connectivity index (χ0n) is 9.66. The maximum atomic E-state index is 12.2. The summed E-state index contributed by atoms with van der Waals surface area (Å²) in [4.78, 5) is 1.55. The van der Waals surface area contributed by atoms with Crippen molar-refractivity contribution in [1.82, 2.24) is 4.90 Å². The molecule has 0 aliphatic carbocycles. The van der Waals surface area contributed by atoms with Gasteiger partial charge in [0, 0.05) is 6.54 Å². The second kappa shape index (κ2) is 5.37. The first-order valence-electron chi connectivity index (χ1n) is 5.23. The molecule has 4 heteroatoms. The molecule has 2 N–H and O–H groups in total. The lowest BCUT2D eigenvalue weighted by Crippen LogP contribution is -2.45. The van der Waals surface area contributed by atoms with Gasteiger partial charge < -0.3 is 5.73 Å². The topological polar surface area (TPSA) is 29.3 Å². The van der Waals surface area contributed by atoms with E-state index >= 15 is 0 Å². The molecule has 0 bridgehead atoms. The molecule has 0 saturated carbocycles. The van der Waals surface area contributed by atoms with Gasteiger partial charge in [-0.3, -0.25) is 4.90 Å². The minimum atomic E-state index is -2.32. The molecule has 1 aromatic carbocycles. The van der Waals surface area contributed by atoms with Gasteiger partial charge in [0.25, 0.3) is 6.43 Å². The summed E-state index contributed by atoms with van der Waals surface area (Å²) in [5.41, 5.74) is 6.48. The summed E-state index contributed by atoms with van der Waals surface area (Å²) >= 11 is 0. The molecule has 0 radical (unpaired) electrons. The second-order valence-corrected chi connectivity index (χ2v) is 4.37. The van der Waals surface area contributed by atoms with Crippen molar-refractivity contribution in [2.75, 3.05) is 20.1 Å². The molecule has 0 fully saturated rings. The Balaban J connectivity index is 2.65. The Kier molecular flexibility index (Phi) is 4.38. The molecule has 0 spiro atoms. The van der Waals surface area contributed by atoms with E-state index in [0.29, 0.717) is 6.54 Å². The quantitative estimate of drug-likeness (QED) is 0.835. The molecule has 1 atom stereocenters. The van der Waals surface area contributed by atoms with Crippen molar-refractivity contribution < 1.29 is 8.78 Å². The molecule has 2 nitrogen and oxygen atoms in total. The van der Waals surface area contributed by atoms with E-state index in [0.717, 1.165) is 5.56 Å². The van der Waals surface area contributed by atoms with Crippen LogP contribution in [0.15, 0.2) is 30.3 Å². The van der Waals surface area contributed by atoms with Gasteiger partial charge in [-0.25, -0.2) is 8.78 Å². The molecular formula is C12H18F2N2.